The van der Waals surface area contributed by atoms with E-state index in [1.54, 1.807) is 12.1 Å². The Labute approximate surface area is 106 Å². The highest BCUT2D eigenvalue weighted by atomic mass is 16.1. The van der Waals surface area contributed by atoms with Crippen molar-refractivity contribution >= 4 is 11.7 Å². The fourth-order valence-corrected chi connectivity index (χ4v) is 1.94. The molecule has 4 N–H and O–H groups in total. The SMILES string of the molecule is Cc1cc(C(N)=O)cc(NCC2=CCNCC2)n1. The van der Waals surface area contributed by atoms with Gasteiger partial charge in [0.25, 0.3) is 0 Å². The summed E-state index contributed by atoms with van der Waals surface area (Å²) in [6.45, 7) is 4.55. The number of carbonyl (C=O) groups excluding carboxylic acids is 1. The summed E-state index contributed by atoms with van der Waals surface area (Å²) >= 11 is 0. The molecule has 0 bridgehead atoms. The number of hydrogen-bond donors (Lipinski definition) is 3. The molecule has 0 radical (unpaired) electrons. The molecule has 0 spiro atoms. The average molecular weight is 246 g/mol. The first-order chi connectivity index (χ1) is 8.65. The van der Waals surface area contributed by atoms with Crippen LogP contribution in [-0.2, 0) is 0 Å². The second-order valence-electron chi connectivity index (χ2n) is 4.42. The van der Waals surface area contributed by atoms with Gasteiger partial charge >= 0.3 is 0 Å². The number of aryl methyl sites for hydroxylation is 1. The monoisotopic (exact) mass is 246 g/mol. The average Bonchev–Trinajstić information content (AvgIpc) is 2.37. The Hall–Kier alpha value is -1.88. The summed E-state index contributed by atoms with van der Waals surface area (Å²) in [7, 11) is 0. The van der Waals surface area contributed by atoms with Crippen LogP contribution < -0.4 is 16.4 Å². The Morgan fingerprint density at radius 3 is 3.06 bits per heavy atom. The predicted octanol–water partition coefficient (Wildman–Crippen LogP) is 0.821. The van der Waals surface area contributed by atoms with E-state index in [0.717, 1.165) is 31.7 Å². The molecule has 2 rings (SSSR count). The Kier molecular flexibility index (Phi) is 3.94. The first-order valence-corrected chi connectivity index (χ1v) is 6.06. The van der Waals surface area contributed by atoms with Crippen molar-refractivity contribution in [2.45, 2.75) is 13.3 Å². The summed E-state index contributed by atoms with van der Waals surface area (Å²) in [5, 5.41) is 6.50. The van der Waals surface area contributed by atoms with Crippen molar-refractivity contribution in [2.75, 3.05) is 25.0 Å². The number of nitrogens with zero attached hydrogens (tertiary/aromatic N) is 1. The number of carbonyl (C=O) groups is 1. The van der Waals surface area contributed by atoms with E-state index in [2.05, 4.69) is 21.7 Å². The van der Waals surface area contributed by atoms with Gasteiger partial charge in [0.1, 0.15) is 5.82 Å². The Morgan fingerprint density at radius 2 is 2.39 bits per heavy atom. The van der Waals surface area contributed by atoms with E-state index in [0.29, 0.717) is 11.4 Å². The van der Waals surface area contributed by atoms with Crippen molar-refractivity contribution in [3.05, 3.63) is 35.0 Å². The Bertz CT molecular complexity index is 482. The molecule has 18 heavy (non-hydrogen) atoms. The number of anilines is 1. The third-order valence-electron chi connectivity index (χ3n) is 2.89. The summed E-state index contributed by atoms with van der Waals surface area (Å²) in [6, 6.07) is 3.38. The van der Waals surface area contributed by atoms with E-state index in [1.165, 1.54) is 5.57 Å². The van der Waals surface area contributed by atoms with Crippen LogP contribution in [0.4, 0.5) is 5.82 Å². The standard InChI is InChI=1S/C13H18N4O/c1-9-6-11(13(14)18)7-12(17-9)16-8-10-2-4-15-5-3-10/h2,6-7,15H,3-5,8H2,1H3,(H2,14,18)(H,16,17). The number of primary amides is 1. The van der Waals surface area contributed by atoms with Crippen LogP contribution >= 0.6 is 0 Å². The van der Waals surface area contributed by atoms with Crippen molar-refractivity contribution < 1.29 is 4.79 Å². The maximum absolute atomic E-state index is 11.2. The van der Waals surface area contributed by atoms with Gasteiger partial charge < -0.3 is 16.4 Å². The third kappa shape index (κ3) is 3.30. The normalized spacial score (nSPS) is 15.1. The number of nitrogens with two attached hydrogens (primary N) is 1. The minimum Gasteiger partial charge on any atom is -0.366 e. The van der Waals surface area contributed by atoms with E-state index in [4.69, 9.17) is 5.73 Å². The molecule has 0 aromatic carbocycles. The molecule has 0 unspecified atom stereocenters. The lowest BCUT2D eigenvalue weighted by molar-refractivity contribution is 0.1000. The van der Waals surface area contributed by atoms with Crippen LogP contribution in [0, 0.1) is 6.92 Å². The topological polar surface area (TPSA) is 80.0 Å². The molecule has 1 aromatic heterocycles. The molecule has 1 aliphatic heterocycles. The van der Waals surface area contributed by atoms with Crippen molar-refractivity contribution in [3.63, 3.8) is 0 Å². The predicted molar refractivity (Wildman–Crippen MR) is 71.6 cm³/mol. The highest BCUT2D eigenvalue weighted by Gasteiger charge is 2.06. The largest absolute Gasteiger partial charge is 0.366 e. The molecule has 0 saturated carbocycles. The van der Waals surface area contributed by atoms with E-state index < -0.39 is 5.91 Å². The first-order valence-electron chi connectivity index (χ1n) is 6.06. The lowest BCUT2D eigenvalue weighted by atomic mass is 10.1. The second-order valence-corrected chi connectivity index (χ2v) is 4.42. The fourth-order valence-electron chi connectivity index (χ4n) is 1.94. The summed E-state index contributed by atoms with van der Waals surface area (Å²) in [5.74, 6) is 0.271. The minimum atomic E-state index is -0.426. The van der Waals surface area contributed by atoms with Crippen LogP contribution in [0.2, 0.25) is 0 Å². The maximum atomic E-state index is 11.2. The zero-order valence-electron chi connectivity index (χ0n) is 10.5. The van der Waals surface area contributed by atoms with E-state index >= 15 is 0 Å². The number of rotatable bonds is 4. The molecular formula is C13H18N4O. The number of nitrogens with one attached hydrogen (secondary N) is 2. The van der Waals surface area contributed by atoms with Crippen LogP contribution in [0.25, 0.3) is 0 Å². The molecule has 0 saturated heterocycles. The quantitative estimate of drug-likeness (QED) is 0.687. The number of aromatic nitrogens is 1. The van der Waals surface area contributed by atoms with Gasteiger partial charge in [0.2, 0.25) is 5.91 Å². The van der Waals surface area contributed by atoms with E-state index in [1.807, 2.05) is 6.92 Å². The van der Waals surface area contributed by atoms with Gasteiger partial charge in [0, 0.05) is 24.3 Å². The molecular weight excluding hydrogens is 228 g/mol. The summed E-state index contributed by atoms with van der Waals surface area (Å²) in [6.07, 6.45) is 3.22. The van der Waals surface area contributed by atoms with Gasteiger partial charge in [0.15, 0.2) is 0 Å². The van der Waals surface area contributed by atoms with Gasteiger partial charge in [0.05, 0.1) is 0 Å². The highest BCUT2D eigenvalue weighted by molar-refractivity contribution is 5.93. The minimum absolute atomic E-state index is 0.426. The van der Waals surface area contributed by atoms with Crippen LogP contribution in [-0.4, -0.2) is 30.5 Å². The van der Waals surface area contributed by atoms with Crippen molar-refractivity contribution in [3.8, 4) is 0 Å². The van der Waals surface area contributed by atoms with Crippen LogP contribution in [0.15, 0.2) is 23.8 Å². The molecule has 96 valence electrons. The highest BCUT2D eigenvalue weighted by Crippen LogP contribution is 2.11. The van der Waals surface area contributed by atoms with Crippen molar-refractivity contribution in [1.29, 1.82) is 0 Å². The van der Waals surface area contributed by atoms with Gasteiger partial charge in [-0.25, -0.2) is 4.98 Å². The molecule has 1 aliphatic rings. The number of amides is 1. The van der Waals surface area contributed by atoms with Gasteiger partial charge in [-0.2, -0.15) is 0 Å². The van der Waals surface area contributed by atoms with Crippen LogP contribution in [0.5, 0.6) is 0 Å². The lowest BCUT2D eigenvalue weighted by Gasteiger charge is -2.15. The molecule has 0 atom stereocenters. The second kappa shape index (κ2) is 5.64. The molecule has 0 fully saturated rings. The molecule has 1 aromatic rings. The zero-order chi connectivity index (χ0) is 13.0. The summed E-state index contributed by atoms with van der Waals surface area (Å²) in [4.78, 5) is 15.5. The maximum Gasteiger partial charge on any atom is 0.248 e. The lowest BCUT2D eigenvalue weighted by Crippen LogP contribution is -2.23. The Morgan fingerprint density at radius 1 is 1.56 bits per heavy atom. The third-order valence-corrected chi connectivity index (χ3v) is 2.89. The summed E-state index contributed by atoms with van der Waals surface area (Å²) < 4.78 is 0. The van der Waals surface area contributed by atoms with Gasteiger partial charge in [-0.3, -0.25) is 4.79 Å². The van der Waals surface area contributed by atoms with Gasteiger partial charge in [-0.15, -0.1) is 0 Å². The fraction of sp³-hybridized carbons (Fsp3) is 0.385. The van der Waals surface area contributed by atoms with E-state index in [-0.39, 0.29) is 0 Å². The number of pyridine rings is 1. The Balaban J connectivity index is 2.04. The smallest absolute Gasteiger partial charge is 0.248 e. The zero-order valence-corrected chi connectivity index (χ0v) is 10.5. The summed E-state index contributed by atoms with van der Waals surface area (Å²) in [5.41, 5.74) is 7.91. The van der Waals surface area contributed by atoms with E-state index in [9.17, 15) is 4.79 Å². The first kappa shape index (κ1) is 12.6. The van der Waals surface area contributed by atoms with Gasteiger partial charge in [-0.05, 0) is 32.0 Å². The van der Waals surface area contributed by atoms with Crippen LogP contribution in [0.3, 0.4) is 0 Å². The molecule has 1 amide bonds. The van der Waals surface area contributed by atoms with Crippen LogP contribution in [0.1, 0.15) is 22.5 Å². The molecule has 5 nitrogen and oxygen atoms in total. The molecule has 5 heteroatoms. The molecule has 0 aliphatic carbocycles. The van der Waals surface area contributed by atoms with Crippen molar-refractivity contribution in [2.24, 2.45) is 5.73 Å². The van der Waals surface area contributed by atoms with Crippen molar-refractivity contribution in [1.82, 2.24) is 10.3 Å². The number of hydrogen-bond acceptors (Lipinski definition) is 4. The molecule has 2 heterocycles. The van der Waals surface area contributed by atoms with Gasteiger partial charge in [-0.1, -0.05) is 11.6 Å².